The van der Waals surface area contributed by atoms with Gasteiger partial charge in [-0.2, -0.15) is 0 Å². The maximum atomic E-state index is 9.67. The fourth-order valence-electron chi connectivity index (χ4n) is 1.70. The van der Waals surface area contributed by atoms with Gasteiger partial charge in [-0.15, -0.1) is 11.3 Å². The summed E-state index contributed by atoms with van der Waals surface area (Å²) in [5.74, 6) is 0.428. The second-order valence-corrected chi connectivity index (χ2v) is 4.70. The lowest BCUT2D eigenvalue weighted by Gasteiger charge is -2.07. The van der Waals surface area contributed by atoms with Crippen molar-refractivity contribution < 1.29 is 5.11 Å². The molecular formula is C9H12OS. The Morgan fingerprint density at radius 2 is 2.36 bits per heavy atom. The van der Waals surface area contributed by atoms with Crippen LogP contribution in [0.2, 0.25) is 0 Å². The Balaban J connectivity index is 2.44. The lowest BCUT2D eigenvalue weighted by molar-refractivity contribution is 0.133. The molecule has 0 spiro atoms. The summed E-state index contributed by atoms with van der Waals surface area (Å²) >= 11 is 1.82. The van der Waals surface area contributed by atoms with Gasteiger partial charge >= 0.3 is 0 Å². The molecule has 0 aromatic carbocycles. The first kappa shape index (κ1) is 7.32. The maximum absolute atomic E-state index is 9.67. The number of aliphatic hydroxyl groups excluding tert-OH is 1. The first-order chi connectivity index (χ1) is 5.18. The van der Waals surface area contributed by atoms with E-state index in [1.54, 1.807) is 0 Å². The van der Waals surface area contributed by atoms with Crippen molar-refractivity contribution in [3.8, 4) is 0 Å². The summed E-state index contributed by atoms with van der Waals surface area (Å²) in [7, 11) is 0. The first-order valence-corrected chi connectivity index (χ1v) is 4.77. The zero-order valence-corrected chi connectivity index (χ0v) is 7.61. The Hall–Kier alpha value is -0.340. The lowest BCUT2D eigenvalue weighted by Crippen LogP contribution is -2.01. The number of hydrogen-bond acceptors (Lipinski definition) is 2. The number of aryl methyl sites for hydroxylation is 1. The molecule has 2 atom stereocenters. The molecule has 1 aliphatic carbocycles. The minimum absolute atomic E-state index is 0.199. The van der Waals surface area contributed by atoms with Crippen LogP contribution in [0.25, 0.3) is 0 Å². The third-order valence-electron chi connectivity index (χ3n) is 2.33. The minimum Gasteiger partial charge on any atom is -0.388 e. The average molecular weight is 168 g/mol. The zero-order chi connectivity index (χ0) is 8.01. The number of fused-ring (bicyclic) bond motifs is 1. The summed E-state index contributed by atoms with van der Waals surface area (Å²) in [5.41, 5.74) is 1.18. The van der Waals surface area contributed by atoms with Crippen LogP contribution in [0.4, 0.5) is 0 Å². The molecule has 0 saturated carbocycles. The van der Waals surface area contributed by atoms with Gasteiger partial charge in [0.15, 0.2) is 0 Å². The van der Waals surface area contributed by atoms with E-state index in [1.165, 1.54) is 15.3 Å². The van der Waals surface area contributed by atoms with E-state index in [0.29, 0.717) is 5.92 Å². The topological polar surface area (TPSA) is 20.2 Å². The van der Waals surface area contributed by atoms with Crippen LogP contribution in [0.5, 0.6) is 0 Å². The molecule has 11 heavy (non-hydrogen) atoms. The van der Waals surface area contributed by atoms with Crippen molar-refractivity contribution in [2.45, 2.75) is 26.4 Å². The summed E-state index contributed by atoms with van der Waals surface area (Å²) in [5, 5.41) is 9.67. The fraction of sp³-hybridized carbons (Fsp3) is 0.556. The van der Waals surface area contributed by atoms with Crippen LogP contribution in [0.15, 0.2) is 6.07 Å². The highest BCUT2D eigenvalue weighted by molar-refractivity contribution is 7.12. The van der Waals surface area contributed by atoms with Gasteiger partial charge in [0.2, 0.25) is 0 Å². The van der Waals surface area contributed by atoms with Gasteiger partial charge in [0.1, 0.15) is 0 Å². The molecule has 1 aliphatic rings. The lowest BCUT2D eigenvalue weighted by atomic mass is 10.1. The summed E-state index contributed by atoms with van der Waals surface area (Å²) in [6.45, 7) is 4.20. The molecule has 0 amide bonds. The predicted octanol–water partition coefficient (Wildman–Crippen LogP) is 2.28. The smallest absolute Gasteiger partial charge is 0.0829 e. The summed E-state index contributed by atoms with van der Waals surface area (Å²) < 4.78 is 0. The van der Waals surface area contributed by atoms with Gasteiger partial charge in [-0.05, 0) is 30.9 Å². The predicted molar refractivity (Wildman–Crippen MR) is 46.9 cm³/mol. The highest BCUT2D eigenvalue weighted by Crippen LogP contribution is 2.40. The quantitative estimate of drug-likeness (QED) is 0.630. The van der Waals surface area contributed by atoms with Crippen molar-refractivity contribution >= 4 is 11.3 Å². The second kappa shape index (κ2) is 2.32. The van der Waals surface area contributed by atoms with Crippen molar-refractivity contribution in [2.75, 3.05) is 0 Å². The highest BCUT2D eigenvalue weighted by Gasteiger charge is 2.28. The van der Waals surface area contributed by atoms with Crippen molar-refractivity contribution in [3.63, 3.8) is 0 Å². The normalized spacial score (nSPS) is 29.0. The highest BCUT2D eigenvalue weighted by atomic mass is 32.1. The molecule has 0 fully saturated rings. The van der Waals surface area contributed by atoms with E-state index in [2.05, 4.69) is 19.9 Å². The van der Waals surface area contributed by atoms with E-state index < -0.39 is 0 Å². The molecule has 2 rings (SSSR count). The van der Waals surface area contributed by atoms with E-state index in [4.69, 9.17) is 0 Å². The standard InChI is InChI=1S/C9H12OS/c1-5-3-8-7(9(5)10)4-6(2)11-8/h4-5,9-10H,3H2,1-2H3. The number of aliphatic hydroxyl groups is 1. The second-order valence-electron chi connectivity index (χ2n) is 3.36. The fourth-order valence-corrected chi connectivity index (χ4v) is 2.92. The van der Waals surface area contributed by atoms with Gasteiger partial charge in [-0.25, -0.2) is 0 Å². The van der Waals surface area contributed by atoms with E-state index in [0.717, 1.165) is 6.42 Å². The SMILES string of the molecule is Cc1cc2c(s1)CC(C)C2O. The average Bonchev–Trinajstić information content (AvgIpc) is 2.37. The Labute approximate surface area is 70.7 Å². The van der Waals surface area contributed by atoms with Gasteiger partial charge in [0, 0.05) is 9.75 Å². The van der Waals surface area contributed by atoms with Crippen LogP contribution in [-0.2, 0) is 6.42 Å². The van der Waals surface area contributed by atoms with E-state index in [9.17, 15) is 5.11 Å². The Morgan fingerprint density at radius 3 is 3.00 bits per heavy atom. The Kier molecular flexibility index (Phi) is 1.55. The molecule has 1 heterocycles. The number of hydrogen-bond donors (Lipinski definition) is 1. The van der Waals surface area contributed by atoms with E-state index in [1.807, 2.05) is 11.3 Å². The molecule has 0 radical (unpaired) electrons. The van der Waals surface area contributed by atoms with Crippen molar-refractivity contribution in [2.24, 2.45) is 5.92 Å². The van der Waals surface area contributed by atoms with Gasteiger partial charge in [0.05, 0.1) is 6.10 Å². The van der Waals surface area contributed by atoms with Crippen LogP contribution < -0.4 is 0 Å². The molecule has 0 aliphatic heterocycles. The molecule has 2 unspecified atom stereocenters. The van der Waals surface area contributed by atoms with E-state index in [-0.39, 0.29) is 6.10 Å². The molecular weight excluding hydrogens is 156 g/mol. The molecule has 1 aromatic rings. The zero-order valence-electron chi connectivity index (χ0n) is 6.79. The number of rotatable bonds is 0. The Morgan fingerprint density at radius 1 is 1.64 bits per heavy atom. The van der Waals surface area contributed by atoms with Crippen LogP contribution in [0, 0.1) is 12.8 Å². The van der Waals surface area contributed by atoms with Crippen molar-refractivity contribution in [3.05, 3.63) is 21.4 Å². The minimum atomic E-state index is -0.199. The van der Waals surface area contributed by atoms with Crippen molar-refractivity contribution in [1.82, 2.24) is 0 Å². The van der Waals surface area contributed by atoms with Crippen LogP contribution in [0.3, 0.4) is 0 Å². The van der Waals surface area contributed by atoms with Crippen LogP contribution in [-0.4, -0.2) is 5.11 Å². The molecule has 60 valence electrons. The van der Waals surface area contributed by atoms with Gasteiger partial charge in [-0.3, -0.25) is 0 Å². The molecule has 1 aromatic heterocycles. The first-order valence-electron chi connectivity index (χ1n) is 3.95. The van der Waals surface area contributed by atoms with Crippen LogP contribution in [0.1, 0.15) is 28.3 Å². The molecule has 2 heteroatoms. The molecule has 1 nitrogen and oxygen atoms in total. The maximum Gasteiger partial charge on any atom is 0.0829 e. The molecule has 1 N–H and O–H groups in total. The number of thiophene rings is 1. The third-order valence-corrected chi connectivity index (χ3v) is 3.42. The van der Waals surface area contributed by atoms with Gasteiger partial charge in [-0.1, -0.05) is 6.92 Å². The van der Waals surface area contributed by atoms with E-state index >= 15 is 0 Å². The van der Waals surface area contributed by atoms with Crippen molar-refractivity contribution in [1.29, 1.82) is 0 Å². The largest absolute Gasteiger partial charge is 0.388 e. The summed E-state index contributed by atoms with van der Waals surface area (Å²) in [4.78, 5) is 2.71. The third kappa shape index (κ3) is 1.01. The summed E-state index contributed by atoms with van der Waals surface area (Å²) in [6.07, 6.45) is 0.865. The molecule has 0 bridgehead atoms. The van der Waals surface area contributed by atoms with Gasteiger partial charge in [0.25, 0.3) is 0 Å². The monoisotopic (exact) mass is 168 g/mol. The molecule has 0 saturated heterocycles. The van der Waals surface area contributed by atoms with Crippen LogP contribution >= 0.6 is 11.3 Å². The Bertz CT molecular complexity index is 277. The summed E-state index contributed by atoms with van der Waals surface area (Å²) in [6, 6.07) is 2.12. The van der Waals surface area contributed by atoms with Gasteiger partial charge < -0.3 is 5.11 Å².